The molecule has 90 valence electrons. The van der Waals surface area contributed by atoms with Crippen molar-refractivity contribution in [3.8, 4) is 0 Å². The number of aromatic nitrogens is 3. The van der Waals surface area contributed by atoms with E-state index in [0.717, 1.165) is 9.84 Å². The van der Waals surface area contributed by atoms with E-state index in [2.05, 4.69) is 15.0 Å². The van der Waals surface area contributed by atoms with E-state index in [1.54, 1.807) is 19.3 Å². The number of rotatable bonds is 4. The molecule has 6 heteroatoms. The normalized spacial score (nSPS) is 12.6. The van der Waals surface area contributed by atoms with Crippen molar-refractivity contribution in [2.45, 2.75) is 26.2 Å². The summed E-state index contributed by atoms with van der Waals surface area (Å²) < 4.78 is 5.03. The Kier molecular flexibility index (Phi) is 3.63. The van der Waals surface area contributed by atoms with Crippen LogP contribution in [0.1, 0.15) is 31.2 Å². The average molecular weight is 251 g/mol. The molecule has 17 heavy (non-hydrogen) atoms. The van der Waals surface area contributed by atoms with Crippen LogP contribution < -0.4 is 0 Å². The van der Waals surface area contributed by atoms with Crippen LogP contribution in [0.5, 0.6) is 0 Å². The third-order valence-electron chi connectivity index (χ3n) is 2.34. The van der Waals surface area contributed by atoms with Crippen molar-refractivity contribution in [2.75, 3.05) is 6.61 Å². The predicted octanol–water partition coefficient (Wildman–Crippen LogP) is 2.14. The molecule has 0 aliphatic rings. The fourth-order valence-electron chi connectivity index (χ4n) is 1.53. The molecule has 0 saturated heterocycles. The number of hydrogen-bond acceptors (Lipinski definition) is 6. The van der Waals surface area contributed by atoms with Gasteiger partial charge in [0.1, 0.15) is 10.9 Å². The number of thiazole rings is 1. The zero-order chi connectivity index (χ0) is 12.3. The zero-order valence-electron chi connectivity index (χ0n) is 9.71. The number of fused-ring (bicyclic) bond motifs is 1. The molecule has 2 aromatic rings. The summed E-state index contributed by atoms with van der Waals surface area (Å²) in [7, 11) is 0. The first-order chi connectivity index (χ1) is 8.26. The van der Waals surface area contributed by atoms with Gasteiger partial charge >= 0.3 is 5.97 Å². The van der Waals surface area contributed by atoms with Crippen LogP contribution in [-0.2, 0) is 9.53 Å². The van der Waals surface area contributed by atoms with Gasteiger partial charge in [-0.2, -0.15) is 0 Å². The average Bonchev–Trinajstić information content (AvgIpc) is 2.73. The fourth-order valence-corrected chi connectivity index (χ4v) is 2.57. The molecular formula is C11H13N3O2S. The minimum absolute atomic E-state index is 0.228. The van der Waals surface area contributed by atoms with Crippen LogP contribution in [0.15, 0.2) is 12.4 Å². The maximum absolute atomic E-state index is 11.8. The lowest BCUT2D eigenvalue weighted by Gasteiger charge is -2.09. The second-order valence-corrected chi connectivity index (χ2v) is 4.46. The van der Waals surface area contributed by atoms with Gasteiger partial charge in [-0.05, 0) is 13.3 Å². The maximum Gasteiger partial charge on any atom is 0.315 e. The lowest BCUT2D eigenvalue weighted by atomic mass is 10.1. The van der Waals surface area contributed by atoms with Gasteiger partial charge in [-0.3, -0.25) is 4.79 Å². The molecule has 0 aliphatic carbocycles. The first-order valence-electron chi connectivity index (χ1n) is 5.50. The van der Waals surface area contributed by atoms with Crippen LogP contribution in [0.2, 0.25) is 0 Å². The smallest absolute Gasteiger partial charge is 0.315 e. The topological polar surface area (TPSA) is 65.0 Å². The van der Waals surface area contributed by atoms with E-state index in [1.165, 1.54) is 11.3 Å². The van der Waals surface area contributed by atoms with Gasteiger partial charge in [-0.25, -0.2) is 15.0 Å². The third kappa shape index (κ3) is 2.41. The number of esters is 1. The lowest BCUT2D eigenvalue weighted by molar-refractivity contribution is -0.145. The summed E-state index contributed by atoms with van der Waals surface area (Å²) in [4.78, 5) is 25.1. The Balaban J connectivity index is 2.33. The summed E-state index contributed by atoms with van der Waals surface area (Å²) in [5, 5.41) is 0.729. The van der Waals surface area contributed by atoms with E-state index >= 15 is 0 Å². The molecule has 5 nitrogen and oxygen atoms in total. The minimum Gasteiger partial charge on any atom is -0.465 e. The van der Waals surface area contributed by atoms with Gasteiger partial charge in [0.15, 0.2) is 10.5 Å². The summed E-state index contributed by atoms with van der Waals surface area (Å²) in [6, 6.07) is 0. The lowest BCUT2D eigenvalue weighted by Crippen LogP contribution is -2.15. The second kappa shape index (κ2) is 5.18. The summed E-state index contributed by atoms with van der Waals surface area (Å²) in [6.45, 7) is 4.12. The Bertz CT molecular complexity index is 493. The molecule has 2 rings (SSSR count). The van der Waals surface area contributed by atoms with Crippen molar-refractivity contribution in [3.05, 3.63) is 17.4 Å². The molecule has 0 N–H and O–H groups in total. The van der Waals surface area contributed by atoms with Gasteiger partial charge in [-0.15, -0.1) is 0 Å². The number of carbonyl (C=O) groups excluding carboxylic acids is 1. The van der Waals surface area contributed by atoms with Gasteiger partial charge < -0.3 is 4.74 Å². The Morgan fingerprint density at radius 3 is 2.82 bits per heavy atom. The summed E-state index contributed by atoms with van der Waals surface area (Å²) in [5.74, 6) is -0.537. The van der Waals surface area contributed by atoms with Crippen molar-refractivity contribution in [2.24, 2.45) is 0 Å². The molecule has 0 amide bonds. The van der Waals surface area contributed by atoms with Crippen molar-refractivity contribution in [3.63, 3.8) is 0 Å². The van der Waals surface area contributed by atoms with Crippen molar-refractivity contribution in [1.82, 2.24) is 15.0 Å². The van der Waals surface area contributed by atoms with Crippen LogP contribution in [0.25, 0.3) is 10.5 Å². The van der Waals surface area contributed by atoms with Gasteiger partial charge in [0.25, 0.3) is 0 Å². The van der Waals surface area contributed by atoms with Crippen molar-refractivity contribution in [1.29, 1.82) is 0 Å². The molecule has 1 atom stereocenters. The second-order valence-electron chi connectivity index (χ2n) is 3.45. The zero-order valence-corrected chi connectivity index (χ0v) is 10.5. The Labute approximate surface area is 103 Å². The van der Waals surface area contributed by atoms with Crippen LogP contribution in [-0.4, -0.2) is 27.5 Å². The molecule has 0 aromatic carbocycles. The minimum atomic E-state index is -0.309. The van der Waals surface area contributed by atoms with E-state index in [-0.39, 0.29) is 11.9 Å². The highest BCUT2D eigenvalue weighted by Crippen LogP contribution is 2.28. The van der Waals surface area contributed by atoms with Crippen LogP contribution in [0, 0.1) is 0 Å². The molecule has 1 unspecified atom stereocenters. The fraction of sp³-hybridized carbons (Fsp3) is 0.455. The summed E-state index contributed by atoms with van der Waals surface area (Å²) in [6.07, 6.45) is 3.88. The van der Waals surface area contributed by atoms with Crippen molar-refractivity contribution < 1.29 is 9.53 Å². The number of hydrogen-bond donors (Lipinski definition) is 0. The van der Waals surface area contributed by atoms with Crippen LogP contribution in [0.3, 0.4) is 0 Å². The Morgan fingerprint density at radius 1 is 1.41 bits per heavy atom. The van der Waals surface area contributed by atoms with Crippen LogP contribution in [0.4, 0.5) is 0 Å². The Hall–Kier alpha value is -1.56. The van der Waals surface area contributed by atoms with E-state index in [1.807, 2.05) is 6.92 Å². The van der Waals surface area contributed by atoms with E-state index in [4.69, 9.17) is 4.74 Å². The van der Waals surface area contributed by atoms with Crippen molar-refractivity contribution >= 4 is 27.8 Å². The maximum atomic E-state index is 11.8. The predicted molar refractivity (Wildman–Crippen MR) is 64.9 cm³/mol. The summed E-state index contributed by atoms with van der Waals surface area (Å²) >= 11 is 1.40. The molecule has 2 heterocycles. The Morgan fingerprint density at radius 2 is 2.18 bits per heavy atom. The summed E-state index contributed by atoms with van der Waals surface area (Å²) in [5.41, 5.74) is 0.593. The highest BCUT2D eigenvalue weighted by atomic mass is 32.1. The van der Waals surface area contributed by atoms with E-state index in [9.17, 15) is 4.79 Å². The van der Waals surface area contributed by atoms with E-state index in [0.29, 0.717) is 18.7 Å². The molecular weight excluding hydrogens is 238 g/mol. The van der Waals surface area contributed by atoms with Gasteiger partial charge in [0.05, 0.1) is 6.61 Å². The third-order valence-corrected chi connectivity index (χ3v) is 3.41. The quantitative estimate of drug-likeness (QED) is 0.779. The molecule has 0 bridgehead atoms. The SMILES string of the molecule is CCOC(=O)C(CC)c1nc2nccnc2s1. The molecule has 0 fully saturated rings. The molecule has 0 spiro atoms. The molecule has 0 saturated carbocycles. The monoisotopic (exact) mass is 251 g/mol. The molecule has 0 radical (unpaired) electrons. The number of carbonyl (C=O) groups is 1. The highest BCUT2D eigenvalue weighted by Gasteiger charge is 2.24. The standard InChI is InChI=1S/C11H13N3O2S/c1-3-7(11(15)16-4-2)9-14-8-10(17-9)13-6-5-12-8/h5-7H,3-4H2,1-2H3. The highest BCUT2D eigenvalue weighted by molar-refractivity contribution is 7.18. The molecule has 0 aliphatic heterocycles. The molecule has 2 aromatic heterocycles. The van der Waals surface area contributed by atoms with E-state index < -0.39 is 0 Å². The number of ether oxygens (including phenoxy) is 1. The van der Waals surface area contributed by atoms with Crippen LogP contribution >= 0.6 is 11.3 Å². The van der Waals surface area contributed by atoms with Gasteiger partial charge in [0, 0.05) is 12.4 Å². The van der Waals surface area contributed by atoms with Gasteiger partial charge in [0.2, 0.25) is 0 Å². The number of nitrogens with zero attached hydrogens (tertiary/aromatic N) is 3. The van der Waals surface area contributed by atoms with Gasteiger partial charge in [-0.1, -0.05) is 18.3 Å². The largest absolute Gasteiger partial charge is 0.465 e. The first kappa shape index (κ1) is 11.9. The first-order valence-corrected chi connectivity index (χ1v) is 6.32.